The van der Waals surface area contributed by atoms with Crippen molar-refractivity contribution >= 4 is 5.91 Å². The molecule has 0 aliphatic carbocycles. The lowest BCUT2D eigenvalue weighted by Crippen LogP contribution is -2.46. The van der Waals surface area contributed by atoms with E-state index in [0.29, 0.717) is 24.4 Å². The summed E-state index contributed by atoms with van der Waals surface area (Å²) in [5.74, 6) is 1.00. The molecule has 3 heteroatoms. The molecule has 2 heterocycles. The largest absolute Gasteiger partial charge is 0.341 e. The Morgan fingerprint density at radius 1 is 1.14 bits per heavy atom. The first kappa shape index (κ1) is 15.5. The summed E-state index contributed by atoms with van der Waals surface area (Å²) in [6, 6.07) is 11.2. The molecule has 120 valence electrons. The maximum Gasteiger partial charge on any atom is 0.236 e. The van der Waals surface area contributed by atoms with Crippen molar-refractivity contribution in [2.75, 3.05) is 26.2 Å². The number of hydrogen-bond donors (Lipinski definition) is 0. The molecule has 2 fully saturated rings. The maximum atomic E-state index is 12.6. The summed E-state index contributed by atoms with van der Waals surface area (Å²) in [7, 11) is 0. The van der Waals surface area contributed by atoms with Gasteiger partial charge in [-0.3, -0.25) is 9.69 Å². The van der Waals surface area contributed by atoms with E-state index in [2.05, 4.69) is 47.1 Å². The fourth-order valence-corrected chi connectivity index (χ4v) is 3.91. The Labute approximate surface area is 134 Å². The Balaban J connectivity index is 1.55. The number of nitrogens with zero attached hydrogens (tertiary/aromatic N) is 2. The molecule has 3 rings (SSSR count). The van der Waals surface area contributed by atoms with Gasteiger partial charge in [-0.25, -0.2) is 0 Å². The first-order chi connectivity index (χ1) is 10.7. The van der Waals surface area contributed by atoms with Gasteiger partial charge >= 0.3 is 0 Å². The zero-order valence-electron chi connectivity index (χ0n) is 13.7. The normalized spacial score (nSPS) is 26.3. The summed E-state index contributed by atoms with van der Waals surface area (Å²) in [4.78, 5) is 17.1. The van der Waals surface area contributed by atoms with Crippen molar-refractivity contribution in [1.82, 2.24) is 9.80 Å². The van der Waals surface area contributed by atoms with Crippen molar-refractivity contribution in [1.29, 1.82) is 0 Å². The number of rotatable bonds is 4. The van der Waals surface area contributed by atoms with E-state index in [4.69, 9.17) is 0 Å². The van der Waals surface area contributed by atoms with E-state index in [9.17, 15) is 4.79 Å². The summed E-state index contributed by atoms with van der Waals surface area (Å²) >= 11 is 0. The number of amides is 1. The Bertz CT molecular complexity index is 487. The average Bonchev–Trinajstić information content (AvgIpc) is 2.95. The fourth-order valence-electron chi connectivity index (χ4n) is 3.91. The Morgan fingerprint density at radius 2 is 1.91 bits per heavy atom. The number of hydrogen-bond acceptors (Lipinski definition) is 2. The molecule has 0 bridgehead atoms. The molecular weight excluding hydrogens is 272 g/mol. The molecule has 0 saturated carbocycles. The van der Waals surface area contributed by atoms with Crippen molar-refractivity contribution in [2.45, 2.75) is 45.1 Å². The third-order valence-electron chi connectivity index (χ3n) is 5.16. The van der Waals surface area contributed by atoms with Gasteiger partial charge in [-0.15, -0.1) is 0 Å². The predicted octanol–water partition coefficient (Wildman–Crippen LogP) is 2.95. The molecule has 2 saturated heterocycles. The topological polar surface area (TPSA) is 23.6 Å². The van der Waals surface area contributed by atoms with Gasteiger partial charge in [0.25, 0.3) is 0 Å². The molecule has 1 aromatic carbocycles. The Kier molecular flexibility index (Phi) is 5.14. The second-order valence-electron chi connectivity index (χ2n) is 7.04. The van der Waals surface area contributed by atoms with E-state index in [1.807, 2.05) is 0 Å². The van der Waals surface area contributed by atoms with Gasteiger partial charge < -0.3 is 4.90 Å². The highest BCUT2D eigenvalue weighted by atomic mass is 16.2. The van der Waals surface area contributed by atoms with E-state index in [0.717, 1.165) is 26.1 Å². The van der Waals surface area contributed by atoms with Gasteiger partial charge in [-0.1, -0.05) is 37.3 Å². The number of likely N-dealkylation sites (tertiary alicyclic amines) is 2. The molecular formula is C19H28N2O. The van der Waals surface area contributed by atoms with Crippen LogP contribution < -0.4 is 0 Å². The van der Waals surface area contributed by atoms with Crippen LogP contribution in [-0.2, 0) is 11.2 Å². The lowest BCUT2D eigenvalue weighted by molar-refractivity contribution is -0.134. The summed E-state index contributed by atoms with van der Waals surface area (Å²) in [6.07, 6.45) is 5.95. The number of carbonyl (C=O) groups is 1. The lowest BCUT2D eigenvalue weighted by Gasteiger charge is -2.33. The SMILES string of the molecule is C[C@@H]1CCCN(C(=O)CN2CCC[C@@H]2Cc2ccccc2)C1. The molecule has 1 aromatic rings. The van der Waals surface area contributed by atoms with Gasteiger partial charge in [0.15, 0.2) is 0 Å². The van der Waals surface area contributed by atoms with Crippen LogP contribution in [-0.4, -0.2) is 47.9 Å². The fraction of sp³-hybridized carbons (Fsp3) is 0.632. The van der Waals surface area contributed by atoms with E-state index >= 15 is 0 Å². The van der Waals surface area contributed by atoms with Crippen molar-refractivity contribution < 1.29 is 4.79 Å². The first-order valence-corrected chi connectivity index (χ1v) is 8.78. The van der Waals surface area contributed by atoms with Crippen LogP contribution in [0.4, 0.5) is 0 Å². The van der Waals surface area contributed by atoms with Gasteiger partial charge in [-0.05, 0) is 50.1 Å². The van der Waals surface area contributed by atoms with E-state index in [1.165, 1.54) is 31.2 Å². The van der Waals surface area contributed by atoms with Crippen LogP contribution in [0.1, 0.15) is 38.2 Å². The van der Waals surface area contributed by atoms with E-state index < -0.39 is 0 Å². The second kappa shape index (κ2) is 7.28. The minimum atomic E-state index is 0.339. The quantitative estimate of drug-likeness (QED) is 0.853. The molecule has 0 unspecified atom stereocenters. The smallest absolute Gasteiger partial charge is 0.236 e. The number of piperidine rings is 1. The van der Waals surface area contributed by atoms with Gasteiger partial charge in [-0.2, -0.15) is 0 Å². The molecule has 0 N–H and O–H groups in total. The van der Waals surface area contributed by atoms with Crippen molar-refractivity contribution in [3.8, 4) is 0 Å². The summed E-state index contributed by atoms with van der Waals surface area (Å²) in [5.41, 5.74) is 1.39. The van der Waals surface area contributed by atoms with Gasteiger partial charge in [0.1, 0.15) is 0 Å². The van der Waals surface area contributed by atoms with Crippen molar-refractivity contribution in [2.24, 2.45) is 5.92 Å². The molecule has 2 atom stereocenters. The highest BCUT2D eigenvalue weighted by molar-refractivity contribution is 5.78. The number of benzene rings is 1. The zero-order valence-corrected chi connectivity index (χ0v) is 13.7. The van der Waals surface area contributed by atoms with E-state index in [-0.39, 0.29) is 0 Å². The monoisotopic (exact) mass is 300 g/mol. The third-order valence-corrected chi connectivity index (χ3v) is 5.16. The van der Waals surface area contributed by atoms with Crippen LogP contribution >= 0.6 is 0 Å². The molecule has 22 heavy (non-hydrogen) atoms. The highest BCUT2D eigenvalue weighted by Crippen LogP contribution is 2.22. The third kappa shape index (κ3) is 3.89. The molecule has 3 nitrogen and oxygen atoms in total. The molecule has 2 aliphatic rings. The summed E-state index contributed by atoms with van der Waals surface area (Å²) < 4.78 is 0. The van der Waals surface area contributed by atoms with Gasteiger partial charge in [0.2, 0.25) is 5.91 Å². The Hall–Kier alpha value is -1.35. The summed E-state index contributed by atoms with van der Waals surface area (Å²) in [5, 5.41) is 0. The second-order valence-corrected chi connectivity index (χ2v) is 7.04. The van der Waals surface area contributed by atoms with Crippen LogP contribution in [0.2, 0.25) is 0 Å². The maximum absolute atomic E-state index is 12.6. The molecule has 1 amide bonds. The van der Waals surface area contributed by atoms with Gasteiger partial charge in [0, 0.05) is 19.1 Å². The highest BCUT2D eigenvalue weighted by Gasteiger charge is 2.29. The lowest BCUT2D eigenvalue weighted by atomic mass is 10.0. The minimum Gasteiger partial charge on any atom is -0.341 e. The Morgan fingerprint density at radius 3 is 2.68 bits per heavy atom. The van der Waals surface area contributed by atoms with Gasteiger partial charge in [0.05, 0.1) is 6.54 Å². The first-order valence-electron chi connectivity index (χ1n) is 8.78. The van der Waals surface area contributed by atoms with E-state index in [1.54, 1.807) is 0 Å². The van der Waals surface area contributed by atoms with Crippen molar-refractivity contribution in [3.63, 3.8) is 0 Å². The number of carbonyl (C=O) groups excluding carboxylic acids is 1. The standard InChI is InChI=1S/C19H28N2O/c1-16-7-5-12-21(14-16)19(22)15-20-11-6-10-18(20)13-17-8-3-2-4-9-17/h2-4,8-9,16,18H,5-7,10-15H2,1H3/t16-,18-/m1/s1. The van der Waals surface area contributed by atoms with Crippen LogP contribution in [0.15, 0.2) is 30.3 Å². The van der Waals surface area contributed by atoms with Crippen LogP contribution in [0, 0.1) is 5.92 Å². The molecule has 0 radical (unpaired) electrons. The summed E-state index contributed by atoms with van der Waals surface area (Å²) in [6.45, 7) is 5.86. The van der Waals surface area contributed by atoms with Crippen LogP contribution in [0.25, 0.3) is 0 Å². The predicted molar refractivity (Wildman–Crippen MR) is 89.7 cm³/mol. The zero-order chi connectivity index (χ0) is 15.4. The van der Waals surface area contributed by atoms with Crippen LogP contribution in [0.5, 0.6) is 0 Å². The average molecular weight is 300 g/mol. The molecule has 0 spiro atoms. The molecule has 0 aromatic heterocycles. The minimum absolute atomic E-state index is 0.339. The van der Waals surface area contributed by atoms with Crippen LogP contribution in [0.3, 0.4) is 0 Å². The van der Waals surface area contributed by atoms with Crippen molar-refractivity contribution in [3.05, 3.63) is 35.9 Å². The molecule has 2 aliphatic heterocycles.